The molecule has 0 N–H and O–H groups in total. The second-order valence-corrected chi connectivity index (χ2v) is 14.5. The van der Waals surface area contributed by atoms with Gasteiger partial charge in [-0.3, -0.25) is 29.7 Å². The zero-order chi connectivity index (χ0) is 35.8. The van der Waals surface area contributed by atoms with Gasteiger partial charge in [-0.05, 0) is 74.9 Å². The average Bonchev–Trinajstić information content (AvgIpc) is 3.26. The summed E-state index contributed by atoms with van der Waals surface area (Å²) < 4.78 is 0. The van der Waals surface area contributed by atoms with Crippen LogP contribution in [0, 0.1) is 0 Å². The summed E-state index contributed by atoms with van der Waals surface area (Å²) in [6.45, 7) is 11.3. The second-order valence-electron chi connectivity index (χ2n) is 14.5. The molecule has 0 aliphatic carbocycles. The summed E-state index contributed by atoms with van der Waals surface area (Å²) in [6.07, 6.45) is 6.41. The molecular formula is C39H45N15. The summed E-state index contributed by atoms with van der Waals surface area (Å²) in [5.41, 5.74) is 1.97. The van der Waals surface area contributed by atoms with Gasteiger partial charge in [0.25, 0.3) is 0 Å². The van der Waals surface area contributed by atoms with Gasteiger partial charge in [0.05, 0.1) is 0 Å². The number of fused-ring (bicyclic) bond motifs is 3. The van der Waals surface area contributed by atoms with Crippen LogP contribution in [-0.2, 0) is 0 Å². The van der Waals surface area contributed by atoms with Crippen molar-refractivity contribution in [1.82, 2.24) is 44.6 Å². The standard InChI is InChI=1S/C39H45N15/c1-10-28(43-31(13-1)52-25-7-22-49-19-4-16-40-37(49)52)34-46-35(29-11-2-14-32(44-29)53-26-8-23-50-20-5-17-41-38(50)53)48-36(47-34)30-12-3-15-33(45-30)54-27-9-24-51-21-6-18-42-39(51)54/h1-3,10-15H,4-9,16-27H2. The second kappa shape index (κ2) is 14.3. The van der Waals surface area contributed by atoms with Gasteiger partial charge in [-0.15, -0.1) is 0 Å². The van der Waals surface area contributed by atoms with Crippen LogP contribution in [0.15, 0.2) is 69.6 Å². The molecule has 0 amide bonds. The SMILES string of the molecule is c1cc(-c2nc(-c3cccc(N4CCCN5CCCN=C54)n3)nc(-c3cccc(N4CCCN5CCCN=C54)n3)n2)nc(N2CCCN3CCCN=C32)c1. The average molecular weight is 724 g/mol. The van der Waals surface area contributed by atoms with Gasteiger partial charge in [-0.1, -0.05) is 18.2 Å². The van der Waals surface area contributed by atoms with E-state index in [0.29, 0.717) is 34.6 Å². The lowest BCUT2D eigenvalue weighted by atomic mass is 10.2. The highest BCUT2D eigenvalue weighted by molar-refractivity contribution is 5.98. The van der Waals surface area contributed by atoms with Crippen molar-refractivity contribution in [2.75, 3.05) is 93.2 Å². The first-order valence-electron chi connectivity index (χ1n) is 19.6. The normalized spacial score (nSPS) is 20.1. The van der Waals surface area contributed by atoms with Crippen molar-refractivity contribution >= 4 is 35.3 Å². The van der Waals surface area contributed by atoms with Crippen LogP contribution in [0.4, 0.5) is 17.5 Å². The lowest BCUT2D eigenvalue weighted by Crippen LogP contribution is -2.52. The molecule has 0 aromatic carbocycles. The molecular weight excluding hydrogens is 679 g/mol. The zero-order valence-electron chi connectivity index (χ0n) is 30.6. The van der Waals surface area contributed by atoms with Gasteiger partial charge in [0.15, 0.2) is 17.5 Å². The zero-order valence-corrected chi connectivity index (χ0v) is 30.6. The Labute approximate surface area is 315 Å². The van der Waals surface area contributed by atoms with E-state index in [1.54, 1.807) is 0 Å². The number of nitrogens with zero attached hydrogens (tertiary/aromatic N) is 15. The number of hydrogen-bond donors (Lipinski definition) is 0. The van der Waals surface area contributed by atoms with E-state index in [1.165, 1.54) is 0 Å². The van der Waals surface area contributed by atoms with Crippen LogP contribution < -0.4 is 14.7 Å². The van der Waals surface area contributed by atoms with Crippen molar-refractivity contribution in [2.24, 2.45) is 15.0 Å². The highest BCUT2D eigenvalue weighted by Gasteiger charge is 2.31. The van der Waals surface area contributed by atoms with Crippen LogP contribution in [0.5, 0.6) is 0 Å². The summed E-state index contributed by atoms with van der Waals surface area (Å²) in [7, 11) is 0. The number of rotatable bonds is 6. The minimum absolute atomic E-state index is 0.470. The monoisotopic (exact) mass is 723 g/mol. The van der Waals surface area contributed by atoms with Crippen molar-refractivity contribution in [3.63, 3.8) is 0 Å². The Hall–Kier alpha value is -5.73. The van der Waals surface area contributed by atoms with Crippen LogP contribution in [0.25, 0.3) is 34.6 Å². The van der Waals surface area contributed by atoms with Crippen LogP contribution in [0.2, 0.25) is 0 Å². The van der Waals surface area contributed by atoms with E-state index < -0.39 is 0 Å². The third kappa shape index (κ3) is 6.24. The first-order valence-corrected chi connectivity index (χ1v) is 19.6. The minimum Gasteiger partial charge on any atom is -0.342 e. The van der Waals surface area contributed by atoms with Crippen LogP contribution >= 0.6 is 0 Å². The molecule has 4 aromatic rings. The fourth-order valence-electron chi connectivity index (χ4n) is 8.35. The molecule has 276 valence electrons. The first-order chi connectivity index (χ1) is 26.7. The number of anilines is 3. The molecule has 0 spiro atoms. The molecule has 15 nitrogen and oxygen atoms in total. The van der Waals surface area contributed by atoms with E-state index in [4.69, 9.17) is 44.9 Å². The largest absolute Gasteiger partial charge is 0.342 e. The summed E-state index contributed by atoms with van der Waals surface area (Å²) in [5.74, 6) is 6.95. The van der Waals surface area contributed by atoms with Crippen molar-refractivity contribution in [2.45, 2.75) is 38.5 Å². The third-order valence-corrected chi connectivity index (χ3v) is 10.9. The van der Waals surface area contributed by atoms with Gasteiger partial charge in [-0.2, -0.15) is 0 Å². The van der Waals surface area contributed by atoms with Gasteiger partial charge < -0.3 is 14.7 Å². The van der Waals surface area contributed by atoms with E-state index >= 15 is 0 Å². The molecule has 0 saturated carbocycles. The predicted octanol–water partition coefficient (Wildman–Crippen LogP) is 3.87. The van der Waals surface area contributed by atoms with Crippen LogP contribution in [0.3, 0.4) is 0 Å². The fraction of sp³-hybridized carbons (Fsp3) is 0.462. The van der Waals surface area contributed by atoms with Crippen molar-refractivity contribution in [3.8, 4) is 34.6 Å². The lowest BCUT2D eigenvalue weighted by Gasteiger charge is -2.40. The van der Waals surface area contributed by atoms with Crippen LogP contribution in [0.1, 0.15) is 38.5 Å². The number of aliphatic imine (C=N–C) groups is 3. The van der Waals surface area contributed by atoms with E-state index in [2.05, 4.69) is 47.6 Å². The maximum Gasteiger partial charge on any atom is 0.202 e. The minimum atomic E-state index is 0.470. The molecule has 54 heavy (non-hydrogen) atoms. The van der Waals surface area contributed by atoms with E-state index in [1.807, 2.05) is 36.4 Å². The quantitative estimate of drug-likeness (QED) is 0.286. The highest BCUT2D eigenvalue weighted by Crippen LogP contribution is 2.29. The van der Waals surface area contributed by atoms with Gasteiger partial charge in [-0.25, -0.2) is 29.9 Å². The number of pyridine rings is 3. The highest BCUT2D eigenvalue weighted by atomic mass is 15.4. The Kier molecular flexibility index (Phi) is 8.68. The number of aromatic nitrogens is 6. The van der Waals surface area contributed by atoms with Crippen molar-refractivity contribution in [3.05, 3.63) is 54.6 Å². The summed E-state index contributed by atoms with van der Waals surface area (Å²) in [5, 5.41) is 0. The molecule has 10 rings (SSSR count). The molecule has 3 fully saturated rings. The third-order valence-electron chi connectivity index (χ3n) is 10.9. The molecule has 0 radical (unpaired) electrons. The maximum atomic E-state index is 5.17. The molecule has 0 unspecified atom stereocenters. The molecule has 15 heteroatoms. The fourth-order valence-corrected chi connectivity index (χ4v) is 8.35. The molecule has 0 bridgehead atoms. The lowest BCUT2D eigenvalue weighted by molar-refractivity contribution is 0.359. The molecule has 10 heterocycles. The molecule has 6 aliphatic rings. The van der Waals surface area contributed by atoms with Crippen LogP contribution in [-0.4, -0.2) is 141 Å². The van der Waals surface area contributed by atoms with E-state index in [-0.39, 0.29) is 0 Å². The van der Waals surface area contributed by atoms with Crippen molar-refractivity contribution < 1.29 is 0 Å². The summed E-state index contributed by atoms with van der Waals surface area (Å²) >= 11 is 0. The maximum absolute atomic E-state index is 5.17. The molecule has 0 atom stereocenters. The summed E-state index contributed by atoms with van der Waals surface area (Å²) in [4.78, 5) is 59.2. The van der Waals surface area contributed by atoms with Gasteiger partial charge in [0.1, 0.15) is 34.5 Å². The Bertz CT molecular complexity index is 1880. The number of guanidine groups is 3. The Balaban J connectivity index is 1.06. The smallest absolute Gasteiger partial charge is 0.202 e. The summed E-state index contributed by atoms with van der Waals surface area (Å²) in [6, 6.07) is 18.1. The van der Waals surface area contributed by atoms with Gasteiger partial charge >= 0.3 is 0 Å². The molecule has 3 saturated heterocycles. The van der Waals surface area contributed by atoms with Gasteiger partial charge in [0, 0.05) is 78.5 Å². The Morgan fingerprint density at radius 3 is 0.981 bits per heavy atom. The predicted molar refractivity (Wildman–Crippen MR) is 211 cm³/mol. The van der Waals surface area contributed by atoms with Gasteiger partial charge in [0.2, 0.25) is 17.9 Å². The topological polar surface area (TPSA) is 134 Å². The Morgan fingerprint density at radius 1 is 0.333 bits per heavy atom. The Morgan fingerprint density at radius 2 is 0.648 bits per heavy atom. The van der Waals surface area contributed by atoms with Crippen molar-refractivity contribution in [1.29, 1.82) is 0 Å². The molecule has 4 aromatic heterocycles. The molecule has 6 aliphatic heterocycles. The number of hydrogen-bond acceptors (Lipinski definition) is 15. The first kappa shape index (κ1) is 32.9. The van der Waals surface area contributed by atoms with E-state index in [9.17, 15) is 0 Å². The van der Waals surface area contributed by atoms with E-state index in [0.717, 1.165) is 152 Å².